The van der Waals surface area contributed by atoms with E-state index in [4.69, 9.17) is 9.15 Å². The molecule has 2 nitrogen and oxygen atoms in total. The Labute approximate surface area is 253 Å². The molecule has 0 atom stereocenters. The van der Waals surface area contributed by atoms with Crippen LogP contribution >= 0.6 is 31.9 Å². The molecule has 0 unspecified atom stereocenters. The lowest BCUT2D eigenvalue weighted by molar-refractivity contribution is 0.431. The van der Waals surface area contributed by atoms with Crippen molar-refractivity contribution in [1.29, 1.82) is 0 Å². The van der Waals surface area contributed by atoms with Gasteiger partial charge in [0.25, 0.3) is 0 Å². The largest absolute Gasteiger partial charge is 0.453 e. The molecule has 7 aromatic rings. The molecule has 41 heavy (non-hydrogen) atoms. The predicted molar refractivity (Wildman–Crippen MR) is 172 cm³/mol. The SMILES string of the molecule is Brc1ccc2c(c1)C1(c3ccccc3Oc3c1ccc1c3oc3ccccc31)c1cc(Br)ccc1-c1ccccc1-2. The van der Waals surface area contributed by atoms with Crippen LogP contribution in [0.1, 0.15) is 22.3 Å². The summed E-state index contributed by atoms with van der Waals surface area (Å²) in [6.45, 7) is 0. The van der Waals surface area contributed by atoms with Crippen LogP contribution in [0, 0.1) is 0 Å². The van der Waals surface area contributed by atoms with Gasteiger partial charge in [-0.15, -0.1) is 0 Å². The highest BCUT2D eigenvalue weighted by atomic mass is 79.9. The maximum absolute atomic E-state index is 6.84. The standard InChI is InChI=1S/C37H20Br2O2/c38-21-13-15-25-23-7-1-2-8-24(23)26-16-14-22(39)20-32(26)37(31(25)19-21)29-10-4-6-12-34(29)41-36-30(37)18-17-28-27-9-3-5-11-33(27)40-35(28)36/h1-20H. The number of furan rings is 1. The van der Waals surface area contributed by atoms with Crippen LogP contribution in [0.25, 0.3) is 44.2 Å². The summed E-state index contributed by atoms with van der Waals surface area (Å²) < 4.78 is 15.5. The molecular weight excluding hydrogens is 636 g/mol. The second kappa shape index (κ2) is 8.45. The predicted octanol–water partition coefficient (Wildman–Crippen LogP) is 11.2. The average molecular weight is 656 g/mol. The quantitative estimate of drug-likeness (QED) is 0.162. The van der Waals surface area contributed by atoms with Gasteiger partial charge >= 0.3 is 0 Å². The summed E-state index contributed by atoms with van der Waals surface area (Å²) in [5.74, 6) is 1.59. The highest BCUT2D eigenvalue weighted by Gasteiger charge is 2.50. The second-order valence-corrected chi connectivity index (χ2v) is 12.5. The summed E-state index contributed by atoms with van der Waals surface area (Å²) in [5, 5.41) is 2.14. The monoisotopic (exact) mass is 654 g/mol. The van der Waals surface area contributed by atoms with E-state index in [1.165, 1.54) is 33.4 Å². The number of para-hydroxylation sites is 2. The summed E-state index contributed by atoms with van der Waals surface area (Å²) in [4.78, 5) is 0. The van der Waals surface area contributed by atoms with Crippen LogP contribution < -0.4 is 4.74 Å². The third-order valence-electron chi connectivity index (χ3n) is 8.69. The maximum atomic E-state index is 6.84. The minimum absolute atomic E-state index is 0.686. The smallest absolute Gasteiger partial charge is 0.178 e. The third kappa shape index (κ3) is 3.07. The Morgan fingerprint density at radius 3 is 1.85 bits per heavy atom. The van der Waals surface area contributed by atoms with Crippen molar-refractivity contribution >= 4 is 53.8 Å². The molecule has 6 aromatic carbocycles. The Morgan fingerprint density at radius 2 is 1.12 bits per heavy atom. The van der Waals surface area contributed by atoms with E-state index in [0.717, 1.165) is 53.5 Å². The first-order valence-corrected chi connectivity index (χ1v) is 15.1. The van der Waals surface area contributed by atoms with Crippen molar-refractivity contribution in [3.05, 3.63) is 153 Å². The lowest BCUT2D eigenvalue weighted by Gasteiger charge is -2.42. The van der Waals surface area contributed by atoms with Gasteiger partial charge in [-0.3, -0.25) is 0 Å². The fraction of sp³-hybridized carbons (Fsp3) is 0.0270. The summed E-state index contributed by atoms with van der Waals surface area (Å²) in [6, 6.07) is 43.2. The zero-order valence-corrected chi connectivity index (χ0v) is 24.8. The number of fused-ring (bicyclic) bond motifs is 15. The number of ether oxygens (including phenoxy) is 1. The van der Waals surface area contributed by atoms with Crippen LogP contribution in [0.4, 0.5) is 0 Å². The molecule has 0 amide bonds. The molecule has 9 rings (SSSR count). The molecular formula is C37H20Br2O2. The normalized spacial score (nSPS) is 14.0. The van der Waals surface area contributed by atoms with E-state index in [1.807, 2.05) is 18.2 Å². The van der Waals surface area contributed by atoms with Crippen LogP contribution in [-0.2, 0) is 5.41 Å². The lowest BCUT2D eigenvalue weighted by Crippen LogP contribution is -2.35. The molecule has 0 N–H and O–H groups in total. The first kappa shape index (κ1) is 23.6. The Morgan fingerprint density at radius 1 is 0.488 bits per heavy atom. The number of halogens is 2. The molecule has 0 bridgehead atoms. The molecule has 0 saturated heterocycles. The van der Waals surface area contributed by atoms with Crippen molar-refractivity contribution in [3.8, 4) is 33.8 Å². The Balaban J connectivity index is 1.55. The zero-order valence-electron chi connectivity index (χ0n) is 21.6. The van der Waals surface area contributed by atoms with Crippen LogP contribution in [0.5, 0.6) is 11.5 Å². The van der Waals surface area contributed by atoms with Crippen LogP contribution in [0.3, 0.4) is 0 Å². The molecule has 1 aliphatic heterocycles. The first-order chi connectivity index (χ1) is 20.1. The molecule has 194 valence electrons. The molecule has 1 aromatic heterocycles. The first-order valence-electron chi connectivity index (χ1n) is 13.6. The van der Waals surface area contributed by atoms with E-state index in [2.05, 4.69) is 135 Å². The fourth-order valence-electron chi connectivity index (χ4n) is 7.08. The van der Waals surface area contributed by atoms with Crippen molar-refractivity contribution in [3.63, 3.8) is 0 Å². The molecule has 4 heteroatoms. The van der Waals surface area contributed by atoms with Gasteiger partial charge in [-0.1, -0.05) is 111 Å². The zero-order chi connectivity index (χ0) is 27.3. The molecule has 2 aliphatic rings. The Hall–Kier alpha value is -4.12. The van der Waals surface area contributed by atoms with Gasteiger partial charge in [0.1, 0.15) is 11.3 Å². The van der Waals surface area contributed by atoms with Gasteiger partial charge in [0.2, 0.25) is 0 Å². The van der Waals surface area contributed by atoms with Gasteiger partial charge in [-0.2, -0.15) is 0 Å². The van der Waals surface area contributed by atoms with E-state index in [0.29, 0.717) is 0 Å². The Kier molecular flexibility index (Phi) is 4.86. The number of hydrogen-bond acceptors (Lipinski definition) is 2. The fourth-order valence-corrected chi connectivity index (χ4v) is 7.80. The lowest BCUT2D eigenvalue weighted by atomic mass is 9.62. The van der Waals surface area contributed by atoms with E-state index < -0.39 is 5.41 Å². The molecule has 1 aliphatic carbocycles. The van der Waals surface area contributed by atoms with Crippen molar-refractivity contribution in [2.75, 3.05) is 0 Å². The van der Waals surface area contributed by atoms with Crippen LogP contribution in [0.15, 0.2) is 135 Å². The van der Waals surface area contributed by atoms with Crippen LogP contribution in [-0.4, -0.2) is 0 Å². The Bertz CT molecular complexity index is 2150. The van der Waals surface area contributed by atoms with E-state index in [9.17, 15) is 0 Å². The number of hydrogen-bond donors (Lipinski definition) is 0. The molecule has 0 radical (unpaired) electrons. The minimum Gasteiger partial charge on any atom is -0.453 e. The summed E-state index contributed by atoms with van der Waals surface area (Å²) in [5.41, 5.74) is 10.3. The molecule has 0 saturated carbocycles. The number of benzene rings is 6. The summed E-state index contributed by atoms with van der Waals surface area (Å²) >= 11 is 7.69. The molecule has 0 fully saturated rings. The van der Waals surface area contributed by atoms with Gasteiger partial charge in [0.05, 0.1) is 5.41 Å². The minimum atomic E-state index is -0.686. The van der Waals surface area contributed by atoms with Gasteiger partial charge in [0.15, 0.2) is 11.3 Å². The number of rotatable bonds is 0. The van der Waals surface area contributed by atoms with Crippen molar-refractivity contribution in [1.82, 2.24) is 0 Å². The maximum Gasteiger partial charge on any atom is 0.178 e. The van der Waals surface area contributed by atoms with E-state index in [1.54, 1.807) is 0 Å². The van der Waals surface area contributed by atoms with E-state index >= 15 is 0 Å². The van der Waals surface area contributed by atoms with E-state index in [-0.39, 0.29) is 0 Å². The second-order valence-electron chi connectivity index (χ2n) is 10.7. The third-order valence-corrected chi connectivity index (χ3v) is 9.67. The average Bonchev–Trinajstić information content (AvgIpc) is 3.35. The van der Waals surface area contributed by atoms with Gasteiger partial charge < -0.3 is 9.15 Å². The highest BCUT2D eigenvalue weighted by molar-refractivity contribution is 9.10. The van der Waals surface area contributed by atoms with Crippen molar-refractivity contribution in [2.24, 2.45) is 0 Å². The summed E-state index contributed by atoms with van der Waals surface area (Å²) in [7, 11) is 0. The van der Waals surface area contributed by atoms with Crippen molar-refractivity contribution in [2.45, 2.75) is 5.41 Å². The van der Waals surface area contributed by atoms with Gasteiger partial charge in [-0.25, -0.2) is 0 Å². The van der Waals surface area contributed by atoms with Crippen LogP contribution in [0.2, 0.25) is 0 Å². The highest BCUT2D eigenvalue weighted by Crippen LogP contribution is 2.62. The van der Waals surface area contributed by atoms with Gasteiger partial charge in [0, 0.05) is 30.8 Å². The topological polar surface area (TPSA) is 22.4 Å². The molecule has 1 spiro atoms. The van der Waals surface area contributed by atoms with Gasteiger partial charge in [-0.05, 0) is 75.8 Å². The van der Waals surface area contributed by atoms with Crippen molar-refractivity contribution < 1.29 is 9.15 Å². The summed E-state index contributed by atoms with van der Waals surface area (Å²) in [6.07, 6.45) is 0. The molecule has 2 heterocycles.